The number of carboxylic acid groups (broad SMARTS) is 1. The zero-order valence-corrected chi connectivity index (χ0v) is 11.6. The van der Waals surface area contributed by atoms with Crippen LogP contribution in [0.2, 0.25) is 0 Å². The molecule has 0 bridgehead atoms. The monoisotopic (exact) mass is 296 g/mol. The molecule has 0 spiro atoms. The van der Waals surface area contributed by atoms with Crippen LogP contribution in [0.4, 0.5) is 15.3 Å². The average Bonchev–Trinajstić information content (AvgIpc) is 2.41. The molecule has 8 heteroatoms. The Balaban J connectivity index is 2.52. The Morgan fingerprint density at radius 1 is 1.24 bits per heavy atom. The Kier molecular flexibility index (Phi) is 5.99. The molecule has 1 atom stereocenters. The first kappa shape index (κ1) is 16.3. The van der Waals surface area contributed by atoms with Gasteiger partial charge in [0.2, 0.25) is 0 Å². The molecule has 0 heterocycles. The molecule has 3 N–H and O–H groups in total. The standard InChI is InChI=1S/C13H16N2O6/c1-3-20-13(19)21-10-6-4-9(5-7-10)15-12(18)14-8(2)11(16)17/h4-8H,3H2,1-2H3,(H,16,17)(H2,14,15,18). The molecule has 1 rings (SSSR count). The van der Waals surface area contributed by atoms with Crippen LogP contribution in [0, 0.1) is 0 Å². The number of rotatable bonds is 5. The second kappa shape index (κ2) is 7.73. The van der Waals surface area contributed by atoms with E-state index in [1.807, 2.05) is 0 Å². The number of benzene rings is 1. The van der Waals surface area contributed by atoms with Gasteiger partial charge in [-0.2, -0.15) is 0 Å². The van der Waals surface area contributed by atoms with Gasteiger partial charge < -0.3 is 25.2 Å². The molecule has 0 aromatic heterocycles. The van der Waals surface area contributed by atoms with Crippen LogP contribution in [-0.4, -0.2) is 35.9 Å². The van der Waals surface area contributed by atoms with Gasteiger partial charge in [-0.1, -0.05) is 0 Å². The van der Waals surface area contributed by atoms with Crippen molar-refractivity contribution in [2.45, 2.75) is 19.9 Å². The van der Waals surface area contributed by atoms with Gasteiger partial charge in [-0.15, -0.1) is 0 Å². The van der Waals surface area contributed by atoms with Crippen molar-refractivity contribution in [2.75, 3.05) is 11.9 Å². The highest BCUT2D eigenvalue weighted by Gasteiger charge is 2.13. The fourth-order valence-electron chi connectivity index (χ4n) is 1.28. The SMILES string of the molecule is CCOC(=O)Oc1ccc(NC(=O)NC(C)C(=O)O)cc1. The maximum absolute atomic E-state index is 11.5. The molecule has 2 amide bonds. The highest BCUT2D eigenvalue weighted by molar-refractivity contribution is 5.92. The topological polar surface area (TPSA) is 114 Å². The van der Waals surface area contributed by atoms with E-state index in [1.54, 1.807) is 6.92 Å². The summed E-state index contributed by atoms with van der Waals surface area (Å²) in [5.74, 6) is -0.873. The predicted octanol–water partition coefficient (Wildman–Crippen LogP) is 1.82. The van der Waals surface area contributed by atoms with Gasteiger partial charge in [0, 0.05) is 5.69 Å². The van der Waals surface area contributed by atoms with E-state index in [0.29, 0.717) is 5.69 Å². The van der Waals surface area contributed by atoms with Crippen LogP contribution in [0.15, 0.2) is 24.3 Å². The Bertz CT molecular complexity index is 514. The summed E-state index contributed by atoms with van der Waals surface area (Å²) in [4.78, 5) is 33.1. The number of carbonyl (C=O) groups is 3. The molecular weight excluding hydrogens is 280 g/mol. The van der Waals surface area contributed by atoms with Crippen LogP contribution in [-0.2, 0) is 9.53 Å². The lowest BCUT2D eigenvalue weighted by atomic mass is 10.3. The molecule has 0 radical (unpaired) electrons. The highest BCUT2D eigenvalue weighted by atomic mass is 16.7. The number of hydrogen-bond acceptors (Lipinski definition) is 5. The molecule has 114 valence electrons. The molecule has 0 fully saturated rings. The number of carboxylic acids is 1. The first-order valence-electron chi connectivity index (χ1n) is 6.17. The van der Waals surface area contributed by atoms with Crippen molar-refractivity contribution in [3.05, 3.63) is 24.3 Å². The second-order valence-corrected chi connectivity index (χ2v) is 3.97. The molecule has 0 saturated heterocycles. The van der Waals surface area contributed by atoms with E-state index >= 15 is 0 Å². The van der Waals surface area contributed by atoms with Gasteiger partial charge in [-0.05, 0) is 38.1 Å². The molecule has 21 heavy (non-hydrogen) atoms. The van der Waals surface area contributed by atoms with E-state index in [4.69, 9.17) is 9.84 Å². The zero-order chi connectivity index (χ0) is 15.8. The summed E-state index contributed by atoms with van der Waals surface area (Å²) in [7, 11) is 0. The van der Waals surface area contributed by atoms with Gasteiger partial charge in [0.1, 0.15) is 11.8 Å². The third kappa shape index (κ3) is 5.81. The Labute approximate surface area is 121 Å². The molecule has 0 saturated carbocycles. The van der Waals surface area contributed by atoms with Crippen LogP contribution in [0.5, 0.6) is 5.75 Å². The third-order valence-electron chi connectivity index (χ3n) is 2.29. The van der Waals surface area contributed by atoms with Gasteiger partial charge >= 0.3 is 18.2 Å². The second-order valence-electron chi connectivity index (χ2n) is 3.97. The fourth-order valence-corrected chi connectivity index (χ4v) is 1.28. The first-order chi connectivity index (χ1) is 9.92. The predicted molar refractivity (Wildman–Crippen MR) is 73.3 cm³/mol. The van der Waals surface area contributed by atoms with Gasteiger partial charge in [0.25, 0.3) is 0 Å². The van der Waals surface area contributed by atoms with Crippen LogP contribution < -0.4 is 15.4 Å². The molecular formula is C13H16N2O6. The van der Waals surface area contributed by atoms with Crippen molar-refractivity contribution < 1.29 is 29.0 Å². The van der Waals surface area contributed by atoms with Crippen LogP contribution in [0.1, 0.15) is 13.8 Å². The van der Waals surface area contributed by atoms with E-state index in [2.05, 4.69) is 15.4 Å². The van der Waals surface area contributed by atoms with Crippen LogP contribution in [0.25, 0.3) is 0 Å². The lowest BCUT2D eigenvalue weighted by Gasteiger charge is -2.11. The number of ether oxygens (including phenoxy) is 2. The fraction of sp³-hybridized carbons (Fsp3) is 0.308. The van der Waals surface area contributed by atoms with Gasteiger partial charge in [0.15, 0.2) is 0 Å². The van der Waals surface area contributed by atoms with Crippen molar-refractivity contribution >= 4 is 23.8 Å². The summed E-state index contributed by atoms with van der Waals surface area (Å²) >= 11 is 0. The molecule has 0 aliphatic rings. The van der Waals surface area contributed by atoms with Crippen molar-refractivity contribution in [1.29, 1.82) is 0 Å². The van der Waals surface area contributed by atoms with Crippen molar-refractivity contribution in [3.8, 4) is 5.75 Å². The van der Waals surface area contributed by atoms with Crippen molar-refractivity contribution in [1.82, 2.24) is 5.32 Å². The number of hydrogen-bond donors (Lipinski definition) is 3. The Morgan fingerprint density at radius 3 is 2.38 bits per heavy atom. The third-order valence-corrected chi connectivity index (χ3v) is 2.29. The van der Waals surface area contributed by atoms with Crippen LogP contribution >= 0.6 is 0 Å². The number of nitrogens with one attached hydrogen (secondary N) is 2. The molecule has 8 nitrogen and oxygen atoms in total. The Hall–Kier alpha value is -2.77. The maximum Gasteiger partial charge on any atom is 0.513 e. The number of urea groups is 1. The summed E-state index contributed by atoms with van der Waals surface area (Å²) in [6, 6.07) is 4.28. The normalized spacial score (nSPS) is 11.1. The summed E-state index contributed by atoms with van der Waals surface area (Å²) in [6.45, 7) is 3.21. The lowest BCUT2D eigenvalue weighted by Crippen LogP contribution is -2.40. The van der Waals surface area contributed by atoms with Crippen molar-refractivity contribution in [2.24, 2.45) is 0 Å². The number of anilines is 1. The van der Waals surface area contributed by atoms with Crippen molar-refractivity contribution in [3.63, 3.8) is 0 Å². The highest BCUT2D eigenvalue weighted by Crippen LogP contribution is 2.16. The quantitative estimate of drug-likeness (QED) is 0.564. The largest absolute Gasteiger partial charge is 0.513 e. The average molecular weight is 296 g/mol. The minimum absolute atomic E-state index is 0.209. The number of amides is 2. The minimum Gasteiger partial charge on any atom is -0.480 e. The number of aliphatic carboxylic acids is 1. The molecule has 1 unspecified atom stereocenters. The van der Waals surface area contributed by atoms with Gasteiger partial charge in [-0.25, -0.2) is 9.59 Å². The molecule has 1 aromatic carbocycles. The lowest BCUT2D eigenvalue weighted by molar-refractivity contribution is -0.138. The van der Waals surface area contributed by atoms with E-state index < -0.39 is 24.2 Å². The zero-order valence-electron chi connectivity index (χ0n) is 11.6. The summed E-state index contributed by atoms with van der Waals surface area (Å²) in [5.41, 5.74) is 0.418. The summed E-state index contributed by atoms with van der Waals surface area (Å²) in [5, 5.41) is 13.3. The van der Waals surface area contributed by atoms with Gasteiger partial charge in [-0.3, -0.25) is 4.79 Å². The molecule has 0 aliphatic heterocycles. The maximum atomic E-state index is 11.5. The number of carbonyl (C=O) groups excluding carboxylic acids is 2. The molecule has 1 aromatic rings. The smallest absolute Gasteiger partial charge is 0.480 e. The first-order valence-corrected chi connectivity index (χ1v) is 6.17. The van der Waals surface area contributed by atoms with E-state index in [-0.39, 0.29) is 12.4 Å². The Morgan fingerprint density at radius 2 is 1.86 bits per heavy atom. The molecule has 0 aliphatic carbocycles. The van der Waals surface area contributed by atoms with E-state index in [0.717, 1.165) is 0 Å². The minimum atomic E-state index is -1.14. The summed E-state index contributed by atoms with van der Waals surface area (Å²) in [6.07, 6.45) is -0.814. The van der Waals surface area contributed by atoms with Gasteiger partial charge in [0.05, 0.1) is 6.61 Å². The van der Waals surface area contributed by atoms with E-state index in [1.165, 1.54) is 31.2 Å². The summed E-state index contributed by atoms with van der Waals surface area (Å²) < 4.78 is 9.45. The van der Waals surface area contributed by atoms with E-state index in [9.17, 15) is 14.4 Å². The van der Waals surface area contributed by atoms with Crippen LogP contribution in [0.3, 0.4) is 0 Å².